The van der Waals surface area contributed by atoms with Crippen LogP contribution in [0.2, 0.25) is 0 Å². The van der Waals surface area contributed by atoms with Crippen LogP contribution < -0.4 is 4.90 Å². The molecule has 1 amide bonds. The standard InChI is InChI=1S/C21H16BrF6N3O2/c1-30(2)17-8-13(14(22)9-29-17)15-3-4-16-18(33-19(32)31(15)16)10-5-11(20(23,24)25)7-12(6-10)21(26,27)28/h3-9,15-16,18H,1-2H3/t15-,16-,18+/m0/s1. The van der Waals surface area contributed by atoms with E-state index in [1.165, 1.54) is 4.90 Å². The lowest BCUT2D eigenvalue weighted by molar-refractivity contribution is -0.143. The van der Waals surface area contributed by atoms with Gasteiger partial charge < -0.3 is 9.64 Å². The fraction of sp³-hybridized carbons (Fsp3) is 0.333. The summed E-state index contributed by atoms with van der Waals surface area (Å²) in [5.41, 5.74) is -2.67. The van der Waals surface area contributed by atoms with Crippen LogP contribution in [-0.2, 0) is 17.1 Å². The van der Waals surface area contributed by atoms with Crippen LogP contribution in [0.1, 0.15) is 34.4 Å². The van der Waals surface area contributed by atoms with E-state index in [1.807, 2.05) is 0 Å². The van der Waals surface area contributed by atoms with Gasteiger partial charge in [-0.15, -0.1) is 0 Å². The number of fused-ring (bicyclic) bond motifs is 1. The van der Waals surface area contributed by atoms with Gasteiger partial charge in [-0.05, 0) is 51.3 Å². The second-order valence-corrected chi connectivity index (χ2v) is 8.68. The van der Waals surface area contributed by atoms with Crippen molar-refractivity contribution in [1.82, 2.24) is 9.88 Å². The van der Waals surface area contributed by atoms with Crippen molar-refractivity contribution in [3.63, 3.8) is 0 Å². The Balaban J connectivity index is 1.73. The molecule has 0 aliphatic carbocycles. The summed E-state index contributed by atoms with van der Waals surface area (Å²) in [6.07, 6.45) is -7.43. The van der Waals surface area contributed by atoms with E-state index in [-0.39, 0.29) is 11.6 Å². The number of halogens is 7. The molecule has 0 bridgehead atoms. The lowest BCUT2D eigenvalue weighted by Gasteiger charge is -2.25. The van der Waals surface area contributed by atoms with Crippen molar-refractivity contribution in [2.75, 3.05) is 19.0 Å². The average molecular weight is 536 g/mol. The lowest BCUT2D eigenvalue weighted by atomic mass is 9.97. The smallest absolute Gasteiger partial charge is 0.416 e. The Kier molecular flexibility index (Phi) is 5.62. The third kappa shape index (κ3) is 4.28. The van der Waals surface area contributed by atoms with Crippen LogP contribution in [0, 0.1) is 0 Å². The molecule has 0 N–H and O–H groups in total. The van der Waals surface area contributed by atoms with Crippen LogP contribution in [-0.4, -0.2) is 36.1 Å². The summed E-state index contributed by atoms with van der Waals surface area (Å²) >= 11 is 3.39. The number of alkyl halides is 6. The topological polar surface area (TPSA) is 45.7 Å². The molecule has 2 aliphatic heterocycles. The van der Waals surface area contributed by atoms with Gasteiger partial charge in [-0.1, -0.05) is 12.2 Å². The monoisotopic (exact) mass is 535 g/mol. The molecule has 5 nitrogen and oxygen atoms in total. The maximum atomic E-state index is 13.3. The molecular formula is C21H16BrF6N3O2. The van der Waals surface area contributed by atoms with E-state index in [0.29, 0.717) is 28.0 Å². The summed E-state index contributed by atoms with van der Waals surface area (Å²) in [5.74, 6) is 0.599. The van der Waals surface area contributed by atoms with Crippen LogP contribution in [0.3, 0.4) is 0 Å². The fourth-order valence-electron chi connectivity index (χ4n) is 3.89. The molecule has 0 unspecified atom stereocenters. The number of benzene rings is 1. The largest absolute Gasteiger partial charge is 0.439 e. The first-order valence-corrected chi connectivity index (χ1v) is 10.4. The second kappa shape index (κ2) is 7.93. The van der Waals surface area contributed by atoms with E-state index in [9.17, 15) is 31.1 Å². The van der Waals surface area contributed by atoms with Crippen LogP contribution in [0.4, 0.5) is 37.0 Å². The molecular weight excluding hydrogens is 520 g/mol. The minimum absolute atomic E-state index is 0.0438. The molecule has 176 valence electrons. The third-order valence-electron chi connectivity index (χ3n) is 5.45. The molecule has 33 heavy (non-hydrogen) atoms. The van der Waals surface area contributed by atoms with Gasteiger partial charge in [-0.25, -0.2) is 9.78 Å². The first kappa shape index (κ1) is 23.4. The van der Waals surface area contributed by atoms with Gasteiger partial charge in [0.2, 0.25) is 0 Å². The van der Waals surface area contributed by atoms with Gasteiger partial charge in [0.15, 0.2) is 6.10 Å². The van der Waals surface area contributed by atoms with E-state index in [1.54, 1.807) is 43.4 Å². The Morgan fingerprint density at radius 2 is 1.61 bits per heavy atom. The average Bonchev–Trinajstić information content (AvgIpc) is 3.28. The Bertz CT molecular complexity index is 1100. The molecule has 3 heterocycles. The van der Waals surface area contributed by atoms with Crippen molar-refractivity contribution in [3.05, 3.63) is 69.3 Å². The maximum Gasteiger partial charge on any atom is 0.416 e. The summed E-state index contributed by atoms with van der Waals surface area (Å²) in [6.45, 7) is 0. The SMILES string of the molecule is CN(C)c1cc([C@@H]2C=C[C@H]3[C@@H](c4cc(C(F)(F)F)cc(C(F)(F)F)c4)OC(=O)N23)c(Br)cn1. The zero-order valence-corrected chi connectivity index (χ0v) is 18.7. The van der Waals surface area contributed by atoms with E-state index >= 15 is 0 Å². The number of aromatic nitrogens is 1. The number of rotatable bonds is 3. The number of amides is 1. The summed E-state index contributed by atoms with van der Waals surface area (Å²) in [6, 6.07) is 1.43. The van der Waals surface area contributed by atoms with Crippen molar-refractivity contribution in [2.24, 2.45) is 0 Å². The van der Waals surface area contributed by atoms with Crippen molar-refractivity contribution >= 4 is 27.8 Å². The highest BCUT2D eigenvalue weighted by Gasteiger charge is 2.49. The molecule has 1 saturated heterocycles. The number of cyclic esters (lactones) is 1. The highest BCUT2D eigenvalue weighted by Crippen LogP contribution is 2.47. The van der Waals surface area contributed by atoms with Crippen molar-refractivity contribution in [2.45, 2.75) is 30.5 Å². The van der Waals surface area contributed by atoms with Crippen LogP contribution in [0.5, 0.6) is 0 Å². The van der Waals surface area contributed by atoms with Gasteiger partial charge in [0.25, 0.3) is 0 Å². The number of carbonyl (C=O) groups excluding carboxylic acids is 1. The van der Waals surface area contributed by atoms with Gasteiger partial charge in [-0.2, -0.15) is 26.3 Å². The molecule has 2 aromatic rings. The summed E-state index contributed by atoms with van der Waals surface area (Å²) in [4.78, 5) is 20.0. The molecule has 0 spiro atoms. The van der Waals surface area contributed by atoms with E-state index < -0.39 is 47.8 Å². The number of carbonyl (C=O) groups is 1. The fourth-order valence-corrected chi connectivity index (χ4v) is 4.34. The zero-order valence-electron chi connectivity index (χ0n) is 17.1. The molecule has 12 heteroatoms. The highest BCUT2D eigenvalue weighted by molar-refractivity contribution is 9.10. The number of hydrogen-bond acceptors (Lipinski definition) is 4. The van der Waals surface area contributed by atoms with E-state index in [2.05, 4.69) is 20.9 Å². The van der Waals surface area contributed by atoms with Gasteiger partial charge in [-0.3, -0.25) is 4.90 Å². The number of anilines is 1. The highest BCUT2D eigenvalue weighted by atomic mass is 79.9. The number of nitrogens with zero attached hydrogens (tertiary/aromatic N) is 3. The van der Waals surface area contributed by atoms with Crippen molar-refractivity contribution < 1.29 is 35.9 Å². The molecule has 1 aromatic heterocycles. The first-order valence-electron chi connectivity index (χ1n) is 9.57. The molecule has 0 saturated carbocycles. The Labute approximate surface area is 192 Å². The van der Waals surface area contributed by atoms with E-state index in [0.717, 1.165) is 0 Å². The molecule has 0 radical (unpaired) electrons. The van der Waals surface area contributed by atoms with Crippen LogP contribution in [0.25, 0.3) is 0 Å². The van der Waals surface area contributed by atoms with Gasteiger partial charge in [0.1, 0.15) is 5.82 Å². The van der Waals surface area contributed by atoms with Crippen molar-refractivity contribution in [1.29, 1.82) is 0 Å². The van der Waals surface area contributed by atoms with Crippen LogP contribution >= 0.6 is 15.9 Å². The van der Waals surface area contributed by atoms with Gasteiger partial charge in [0.05, 0.1) is 23.2 Å². The number of pyridine rings is 1. The van der Waals surface area contributed by atoms with Gasteiger partial charge >= 0.3 is 18.4 Å². The maximum absolute atomic E-state index is 13.3. The minimum Gasteiger partial charge on any atom is -0.439 e. The quantitative estimate of drug-likeness (QED) is 0.351. The molecule has 3 atom stereocenters. The number of hydrogen-bond donors (Lipinski definition) is 0. The molecule has 1 aromatic carbocycles. The van der Waals surface area contributed by atoms with Crippen LogP contribution in [0.15, 0.2) is 47.1 Å². The Morgan fingerprint density at radius 1 is 1.00 bits per heavy atom. The summed E-state index contributed by atoms with van der Waals surface area (Å²) < 4.78 is 85.6. The molecule has 1 fully saturated rings. The Hall–Kier alpha value is -2.76. The summed E-state index contributed by atoms with van der Waals surface area (Å²) in [5, 5.41) is 0. The molecule has 2 aliphatic rings. The van der Waals surface area contributed by atoms with Gasteiger partial charge in [0, 0.05) is 24.8 Å². The predicted molar refractivity (Wildman–Crippen MR) is 109 cm³/mol. The molecule has 4 rings (SSSR count). The predicted octanol–water partition coefficient (Wildman–Crippen LogP) is 6.12. The number of ether oxygens (including phenoxy) is 1. The first-order chi connectivity index (χ1) is 15.3. The normalized spacial score (nSPS) is 22.5. The zero-order chi connectivity index (χ0) is 24.3. The van der Waals surface area contributed by atoms with Crippen molar-refractivity contribution in [3.8, 4) is 0 Å². The van der Waals surface area contributed by atoms with E-state index in [4.69, 9.17) is 4.74 Å². The lowest BCUT2D eigenvalue weighted by Crippen LogP contribution is -2.31. The minimum atomic E-state index is -5.00. The Morgan fingerprint density at radius 3 is 2.15 bits per heavy atom. The summed E-state index contributed by atoms with van der Waals surface area (Å²) in [7, 11) is 3.55. The second-order valence-electron chi connectivity index (χ2n) is 7.83. The third-order valence-corrected chi connectivity index (χ3v) is 6.11.